The maximum atomic E-state index is 12.3. The number of aryl methyl sites for hydroxylation is 1. The first-order valence-electron chi connectivity index (χ1n) is 6.45. The van der Waals surface area contributed by atoms with Crippen LogP contribution in [0.1, 0.15) is 18.4 Å². The molecule has 2 N–H and O–H groups in total. The third-order valence-corrected chi connectivity index (χ3v) is 5.46. The van der Waals surface area contributed by atoms with Gasteiger partial charge >= 0.3 is 0 Å². The highest BCUT2D eigenvalue weighted by atomic mass is 79.9. The molecule has 0 spiro atoms. The zero-order valence-corrected chi connectivity index (χ0v) is 14.6. The Labute approximate surface area is 135 Å². The van der Waals surface area contributed by atoms with Gasteiger partial charge in [0.15, 0.2) is 0 Å². The first-order chi connectivity index (χ1) is 8.99. The van der Waals surface area contributed by atoms with Crippen molar-refractivity contribution in [1.82, 2.24) is 10.0 Å². The summed E-state index contributed by atoms with van der Waals surface area (Å²) in [5.74, 6) is 0.385. The van der Waals surface area contributed by atoms with Crippen LogP contribution in [0.25, 0.3) is 0 Å². The molecule has 1 heterocycles. The van der Waals surface area contributed by atoms with E-state index in [4.69, 9.17) is 0 Å². The minimum atomic E-state index is -3.42. The van der Waals surface area contributed by atoms with Crippen LogP contribution in [-0.2, 0) is 10.0 Å². The molecule has 1 aliphatic rings. The van der Waals surface area contributed by atoms with Gasteiger partial charge in [-0.1, -0.05) is 22.0 Å². The standard InChI is InChI=1S/C13H19BrN2O2S.ClH/c1-10-4-5-12(14)7-13(10)19(17,18)16-9-11-3-2-6-15-8-11;/h4-5,7,11,15-16H,2-3,6,8-9H2,1H3;1H. The second-order valence-corrected chi connectivity index (χ2v) is 7.63. The lowest BCUT2D eigenvalue weighted by atomic mass is 10.0. The average Bonchev–Trinajstić information content (AvgIpc) is 2.40. The Kier molecular flexibility index (Phi) is 6.94. The van der Waals surface area contributed by atoms with Gasteiger partial charge in [-0.3, -0.25) is 0 Å². The SMILES string of the molecule is Cc1ccc(Br)cc1S(=O)(=O)NCC1CCCNC1.Cl. The van der Waals surface area contributed by atoms with E-state index in [9.17, 15) is 8.42 Å². The quantitative estimate of drug-likeness (QED) is 0.839. The molecule has 20 heavy (non-hydrogen) atoms. The Morgan fingerprint density at radius 3 is 2.85 bits per heavy atom. The highest BCUT2D eigenvalue weighted by Crippen LogP contribution is 2.20. The Morgan fingerprint density at radius 1 is 1.45 bits per heavy atom. The van der Waals surface area contributed by atoms with E-state index >= 15 is 0 Å². The molecule has 2 rings (SSSR count). The molecular weight excluding hydrogens is 364 g/mol. The van der Waals surface area contributed by atoms with Gasteiger partial charge in [0.1, 0.15) is 0 Å². The fourth-order valence-corrected chi connectivity index (χ4v) is 4.16. The number of hydrogen-bond donors (Lipinski definition) is 2. The number of piperidine rings is 1. The van der Waals surface area contributed by atoms with Crippen molar-refractivity contribution in [3.05, 3.63) is 28.2 Å². The summed E-state index contributed by atoms with van der Waals surface area (Å²) in [6.07, 6.45) is 2.19. The highest BCUT2D eigenvalue weighted by Gasteiger charge is 2.20. The largest absolute Gasteiger partial charge is 0.316 e. The number of nitrogens with one attached hydrogen (secondary N) is 2. The number of rotatable bonds is 4. The van der Waals surface area contributed by atoms with Crippen molar-refractivity contribution in [2.24, 2.45) is 5.92 Å². The van der Waals surface area contributed by atoms with Gasteiger partial charge in [-0.2, -0.15) is 0 Å². The summed E-state index contributed by atoms with van der Waals surface area (Å²) < 4.78 is 28.1. The predicted octanol–water partition coefficient (Wildman–Crippen LogP) is 2.46. The van der Waals surface area contributed by atoms with Crippen molar-refractivity contribution < 1.29 is 8.42 Å². The van der Waals surface area contributed by atoms with Crippen molar-refractivity contribution in [2.45, 2.75) is 24.7 Å². The summed E-state index contributed by atoms with van der Waals surface area (Å²) in [5.41, 5.74) is 0.762. The molecule has 0 radical (unpaired) electrons. The minimum Gasteiger partial charge on any atom is -0.316 e. The van der Waals surface area contributed by atoms with Gasteiger partial charge in [-0.05, 0) is 56.5 Å². The molecule has 1 unspecified atom stereocenters. The molecule has 0 bridgehead atoms. The van der Waals surface area contributed by atoms with E-state index in [0.717, 1.165) is 36.0 Å². The normalized spacial score (nSPS) is 19.4. The van der Waals surface area contributed by atoms with E-state index in [-0.39, 0.29) is 12.4 Å². The van der Waals surface area contributed by atoms with Crippen molar-refractivity contribution >= 4 is 38.4 Å². The third kappa shape index (κ3) is 4.70. The second-order valence-electron chi connectivity index (χ2n) is 4.97. The van der Waals surface area contributed by atoms with Crippen LogP contribution in [0, 0.1) is 12.8 Å². The van der Waals surface area contributed by atoms with Crippen molar-refractivity contribution in [3.8, 4) is 0 Å². The number of hydrogen-bond acceptors (Lipinski definition) is 3. The average molecular weight is 384 g/mol. The fraction of sp³-hybridized carbons (Fsp3) is 0.538. The number of halogens is 2. The molecule has 1 aliphatic heterocycles. The van der Waals surface area contributed by atoms with Gasteiger partial charge < -0.3 is 5.32 Å². The minimum absolute atomic E-state index is 0. The van der Waals surface area contributed by atoms with E-state index in [0.29, 0.717) is 17.4 Å². The van der Waals surface area contributed by atoms with E-state index in [1.165, 1.54) is 0 Å². The lowest BCUT2D eigenvalue weighted by Crippen LogP contribution is -2.38. The molecule has 0 aliphatic carbocycles. The summed E-state index contributed by atoms with van der Waals surface area (Å²) in [6.45, 7) is 4.23. The Balaban J connectivity index is 0.00000200. The summed E-state index contributed by atoms with van der Waals surface area (Å²) in [6, 6.07) is 5.30. The van der Waals surface area contributed by atoms with Crippen LogP contribution >= 0.6 is 28.3 Å². The molecule has 1 aromatic rings. The van der Waals surface area contributed by atoms with Crippen LogP contribution in [0.5, 0.6) is 0 Å². The molecule has 0 amide bonds. The molecule has 114 valence electrons. The monoisotopic (exact) mass is 382 g/mol. The van der Waals surface area contributed by atoms with Crippen LogP contribution < -0.4 is 10.0 Å². The van der Waals surface area contributed by atoms with E-state index in [1.807, 2.05) is 13.0 Å². The lowest BCUT2D eigenvalue weighted by molar-refractivity contribution is 0.376. The van der Waals surface area contributed by atoms with Gasteiger partial charge in [0.05, 0.1) is 4.90 Å². The number of sulfonamides is 1. The van der Waals surface area contributed by atoms with E-state index < -0.39 is 10.0 Å². The van der Waals surface area contributed by atoms with E-state index in [2.05, 4.69) is 26.0 Å². The third-order valence-electron chi connectivity index (χ3n) is 3.40. The smallest absolute Gasteiger partial charge is 0.240 e. The fourth-order valence-electron chi connectivity index (χ4n) is 2.27. The molecule has 7 heteroatoms. The summed E-state index contributed by atoms with van der Waals surface area (Å²) in [7, 11) is -3.42. The van der Waals surface area contributed by atoms with Gasteiger partial charge in [0.25, 0.3) is 0 Å². The Hall–Kier alpha value is -0.140. The summed E-state index contributed by atoms with van der Waals surface area (Å²) in [5, 5.41) is 3.29. The molecule has 4 nitrogen and oxygen atoms in total. The Bertz CT molecular complexity index is 545. The van der Waals surface area contributed by atoms with Crippen LogP contribution in [-0.4, -0.2) is 28.1 Å². The predicted molar refractivity (Wildman–Crippen MR) is 86.9 cm³/mol. The van der Waals surface area contributed by atoms with Crippen LogP contribution in [0.15, 0.2) is 27.6 Å². The molecule has 1 aromatic carbocycles. The molecule has 0 aromatic heterocycles. The first kappa shape index (κ1) is 17.9. The van der Waals surface area contributed by atoms with Gasteiger partial charge in [-0.25, -0.2) is 13.1 Å². The van der Waals surface area contributed by atoms with Crippen LogP contribution in [0.4, 0.5) is 0 Å². The zero-order chi connectivity index (χ0) is 13.9. The highest BCUT2D eigenvalue weighted by molar-refractivity contribution is 9.10. The maximum absolute atomic E-state index is 12.3. The maximum Gasteiger partial charge on any atom is 0.240 e. The molecule has 0 saturated carbocycles. The van der Waals surface area contributed by atoms with Crippen molar-refractivity contribution in [1.29, 1.82) is 0 Å². The summed E-state index contributed by atoms with van der Waals surface area (Å²) >= 11 is 3.31. The zero-order valence-electron chi connectivity index (χ0n) is 11.4. The van der Waals surface area contributed by atoms with Gasteiger partial charge in [-0.15, -0.1) is 12.4 Å². The summed E-state index contributed by atoms with van der Waals surface area (Å²) in [4.78, 5) is 0.352. The molecule has 1 saturated heterocycles. The molecule has 1 atom stereocenters. The topological polar surface area (TPSA) is 58.2 Å². The lowest BCUT2D eigenvalue weighted by Gasteiger charge is -2.23. The van der Waals surface area contributed by atoms with Gasteiger partial charge in [0, 0.05) is 11.0 Å². The van der Waals surface area contributed by atoms with Crippen molar-refractivity contribution in [3.63, 3.8) is 0 Å². The van der Waals surface area contributed by atoms with Crippen molar-refractivity contribution in [2.75, 3.05) is 19.6 Å². The van der Waals surface area contributed by atoms with Gasteiger partial charge in [0.2, 0.25) is 10.0 Å². The van der Waals surface area contributed by atoms with Crippen LogP contribution in [0.2, 0.25) is 0 Å². The Morgan fingerprint density at radius 2 is 2.20 bits per heavy atom. The first-order valence-corrected chi connectivity index (χ1v) is 8.73. The molecular formula is C13H20BrClN2O2S. The number of benzene rings is 1. The molecule has 1 fully saturated rings. The van der Waals surface area contributed by atoms with E-state index in [1.54, 1.807) is 12.1 Å². The van der Waals surface area contributed by atoms with Crippen LogP contribution in [0.3, 0.4) is 0 Å². The second kappa shape index (κ2) is 7.75.